The number of likely N-dealkylation sites (tertiary alicyclic amines) is 1. The molecule has 0 amide bonds. The van der Waals surface area contributed by atoms with Crippen molar-refractivity contribution in [3.63, 3.8) is 0 Å². The summed E-state index contributed by atoms with van der Waals surface area (Å²) in [6.07, 6.45) is 2.16. The Bertz CT molecular complexity index is 481. The summed E-state index contributed by atoms with van der Waals surface area (Å²) in [5.41, 5.74) is 0.696. The Morgan fingerprint density at radius 1 is 1.53 bits per heavy atom. The van der Waals surface area contributed by atoms with Gasteiger partial charge < -0.3 is 10.2 Å². The summed E-state index contributed by atoms with van der Waals surface area (Å²) in [4.78, 5) is 2.34. The van der Waals surface area contributed by atoms with Crippen molar-refractivity contribution in [1.29, 1.82) is 5.26 Å². The zero-order valence-corrected chi connectivity index (χ0v) is 11.5. The Morgan fingerprint density at radius 2 is 2.32 bits per heavy atom. The van der Waals surface area contributed by atoms with E-state index in [-0.39, 0.29) is 5.56 Å². The van der Waals surface area contributed by atoms with E-state index in [1.54, 1.807) is 12.1 Å². The van der Waals surface area contributed by atoms with Crippen molar-refractivity contribution < 1.29 is 4.39 Å². The molecule has 0 bridgehead atoms. The summed E-state index contributed by atoms with van der Waals surface area (Å²) in [6.45, 7) is 3.77. The van der Waals surface area contributed by atoms with E-state index in [0.29, 0.717) is 24.2 Å². The fourth-order valence-corrected chi connectivity index (χ4v) is 2.53. The van der Waals surface area contributed by atoms with Crippen LogP contribution in [-0.4, -0.2) is 30.6 Å². The van der Waals surface area contributed by atoms with Crippen molar-refractivity contribution in [2.45, 2.75) is 38.4 Å². The maximum absolute atomic E-state index is 13.9. The molecule has 1 aliphatic heterocycles. The zero-order chi connectivity index (χ0) is 13.8. The minimum Gasteiger partial charge on any atom is -0.310 e. The molecular weight excluding hydrogens is 241 g/mol. The van der Waals surface area contributed by atoms with E-state index in [2.05, 4.69) is 24.2 Å². The van der Waals surface area contributed by atoms with Gasteiger partial charge in [0.05, 0.1) is 5.56 Å². The monoisotopic (exact) mass is 261 g/mol. The fourth-order valence-electron chi connectivity index (χ4n) is 2.53. The number of hydrogen-bond donors (Lipinski definition) is 1. The number of nitrogens with zero attached hydrogens (tertiary/aromatic N) is 2. The third-order valence-electron chi connectivity index (χ3n) is 3.99. The van der Waals surface area contributed by atoms with E-state index < -0.39 is 5.82 Å². The Balaban J connectivity index is 1.95. The molecule has 1 aliphatic rings. The van der Waals surface area contributed by atoms with Gasteiger partial charge in [-0.15, -0.1) is 0 Å². The van der Waals surface area contributed by atoms with Crippen LogP contribution >= 0.6 is 0 Å². The van der Waals surface area contributed by atoms with E-state index >= 15 is 0 Å². The molecule has 1 N–H and O–H groups in total. The molecule has 2 rings (SSSR count). The largest absolute Gasteiger partial charge is 0.310 e. The lowest BCUT2D eigenvalue weighted by molar-refractivity contribution is 0.168. The van der Waals surface area contributed by atoms with Gasteiger partial charge in [0.15, 0.2) is 0 Å². The van der Waals surface area contributed by atoms with Crippen LogP contribution < -0.4 is 5.32 Å². The molecule has 3 nitrogen and oxygen atoms in total. The van der Waals surface area contributed by atoms with Gasteiger partial charge in [-0.05, 0) is 39.4 Å². The summed E-state index contributed by atoms with van der Waals surface area (Å²) in [5, 5.41) is 12.2. The Morgan fingerprint density at radius 3 is 3.00 bits per heavy atom. The number of benzene rings is 1. The number of hydrogen-bond acceptors (Lipinski definition) is 3. The van der Waals surface area contributed by atoms with Gasteiger partial charge in [0.2, 0.25) is 0 Å². The zero-order valence-electron chi connectivity index (χ0n) is 11.5. The first kappa shape index (κ1) is 14.0. The topological polar surface area (TPSA) is 39.1 Å². The van der Waals surface area contributed by atoms with E-state index in [9.17, 15) is 4.39 Å². The van der Waals surface area contributed by atoms with Gasteiger partial charge in [-0.25, -0.2) is 4.39 Å². The summed E-state index contributed by atoms with van der Waals surface area (Å²) in [6, 6.07) is 7.84. The fraction of sp³-hybridized carbons (Fsp3) is 0.533. The van der Waals surface area contributed by atoms with Crippen molar-refractivity contribution in [2.75, 3.05) is 13.6 Å². The van der Waals surface area contributed by atoms with Crippen molar-refractivity contribution in [1.82, 2.24) is 10.2 Å². The van der Waals surface area contributed by atoms with Gasteiger partial charge >= 0.3 is 0 Å². The third-order valence-corrected chi connectivity index (χ3v) is 3.99. The van der Waals surface area contributed by atoms with Crippen LogP contribution in [0.2, 0.25) is 0 Å². The molecule has 19 heavy (non-hydrogen) atoms. The highest BCUT2D eigenvalue weighted by atomic mass is 19.1. The average Bonchev–Trinajstić information content (AvgIpc) is 2.41. The van der Waals surface area contributed by atoms with Crippen LogP contribution in [0, 0.1) is 17.1 Å². The number of nitrogens with one attached hydrogen (secondary N) is 1. The van der Waals surface area contributed by atoms with Gasteiger partial charge in [0, 0.05) is 24.2 Å². The molecule has 1 aromatic carbocycles. The summed E-state index contributed by atoms with van der Waals surface area (Å²) >= 11 is 0. The molecule has 2 atom stereocenters. The van der Waals surface area contributed by atoms with Gasteiger partial charge in [0.1, 0.15) is 11.9 Å². The van der Waals surface area contributed by atoms with Crippen LogP contribution in [0.5, 0.6) is 0 Å². The SMILES string of the molecule is CC1CC(NCc2cccc(C#N)c2F)CCN1C. The van der Waals surface area contributed by atoms with Crippen molar-refractivity contribution in [3.8, 4) is 6.07 Å². The van der Waals surface area contributed by atoms with Crippen LogP contribution in [0.3, 0.4) is 0 Å². The van der Waals surface area contributed by atoms with Crippen molar-refractivity contribution in [2.24, 2.45) is 0 Å². The standard InChI is InChI=1S/C15H20FN3/c1-11-8-14(6-7-19(11)2)18-10-13-5-3-4-12(9-17)15(13)16/h3-5,11,14,18H,6-8,10H2,1-2H3. The first-order chi connectivity index (χ1) is 9.11. The number of halogens is 1. The molecule has 1 aromatic rings. The summed E-state index contributed by atoms with van der Waals surface area (Å²) < 4.78 is 13.9. The first-order valence-corrected chi connectivity index (χ1v) is 6.73. The van der Waals surface area contributed by atoms with Gasteiger partial charge in [-0.2, -0.15) is 5.26 Å². The van der Waals surface area contributed by atoms with E-state index in [1.807, 2.05) is 6.07 Å². The van der Waals surface area contributed by atoms with Crippen molar-refractivity contribution in [3.05, 3.63) is 35.1 Å². The minimum absolute atomic E-state index is 0.121. The van der Waals surface area contributed by atoms with Crippen LogP contribution in [0.1, 0.15) is 30.9 Å². The van der Waals surface area contributed by atoms with Crippen molar-refractivity contribution >= 4 is 0 Å². The Labute approximate surface area is 114 Å². The normalized spacial score (nSPS) is 24.1. The second-order valence-electron chi connectivity index (χ2n) is 5.32. The second kappa shape index (κ2) is 6.14. The molecule has 1 heterocycles. The lowest BCUT2D eigenvalue weighted by Crippen LogP contribution is -2.45. The molecule has 0 radical (unpaired) electrons. The van der Waals surface area contributed by atoms with Gasteiger partial charge in [-0.1, -0.05) is 12.1 Å². The lowest BCUT2D eigenvalue weighted by atomic mass is 9.98. The maximum atomic E-state index is 13.9. The molecule has 0 aliphatic carbocycles. The van der Waals surface area contributed by atoms with Crippen LogP contribution in [0.25, 0.3) is 0 Å². The van der Waals surface area contributed by atoms with Gasteiger partial charge in [0.25, 0.3) is 0 Å². The smallest absolute Gasteiger partial charge is 0.145 e. The van der Waals surface area contributed by atoms with E-state index in [4.69, 9.17) is 5.26 Å². The molecule has 4 heteroatoms. The number of piperidine rings is 1. The molecule has 0 spiro atoms. The minimum atomic E-state index is -0.390. The second-order valence-corrected chi connectivity index (χ2v) is 5.32. The van der Waals surface area contributed by atoms with Gasteiger partial charge in [-0.3, -0.25) is 0 Å². The maximum Gasteiger partial charge on any atom is 0.145 e. The van der Waals surface area contributed by atoms with Crippen LogP contribution in [0.4, 0.5) is 4.39 Å². The predicted octanol–water partition coefficient (Wildman–Crippen LogP) is 2.27. The number of nitriles is 1. The molecule has 0 aromatic heterocycles. The summed E-state index contributed by atoms with van der Waals surface area (Å²) in [5.74, 6) is -0.390. The number of rotatable bonds is 3. The molecule has 102 valence electrons. The lowest BCUT2D eigenvalue weighted by Gasteiger charge is -2.35. The highest BCUT2D eigenvalue weighted by Crippen LogP contribution is 2.17. The van der Waals surface area contributed by atoms with Crippen LogP contribution in [0.15, 0.2) is 18.2 Å². The average molecular weight is 261 g/mol. The molecular formula is C15H20FN3. The van der Waals surface area contributed by atoms with Crippen LogP contribution in [-0.2, 0) is 6.54 Å². The highest BCUT2D eigenvalue weighted by Gasteiger charge is 2.22. The predicted molar refractivity (Wildman–Crippen MR) is 73.1 cm³/mol. The quantitative estimate of drug-likeness (QED) is 0.907. The molecule has 1 saturated heterocycles. The van der Waals surface area contributed by atoms with E-state index in [0.717, 1.165) is 19.4 Å². The molecule has 2 unspecified atom stereocenters. The molecule has 1 fully saturated rings. The van der Waals surface area contributed by atoms with E-state index in [1.165, 1.54) is 6.07 Å². The summed E-state index contributed by atoms with van der Waals surface area (Å²) in [7, 11) is 2.14. The Hall–Kier alpha value is -1.44. The highest BCUT2D eigenvalue weighted by molar-refractivity contribution is 5.34. The third kappa shape index (κ3) is 3.31. The molecule has 0 saturated carbocycles. The Kier molecular flexibility index (Phi) is 4.52. The first-order valence-electron chi connectivity index (χ1n) is 6.73.